The Bertz CT molecular complexity index is 827. The minimum absolute atomic E-state index is 0.856. The standard InChI is InChI=1S/C14H10N4/c1-2-5-10(6-3-1)12-9-13-16-11-7-4-8-15-14(11)18(13)17-12/h1-9,17H. The van der Waals surface area contributed by atoms with Crippen molar-refractivity contribution >= 4 is 16.8 Å². The monoisotopic (exact) mass is 234 g/mol. The van der Waals surface area contributed by atoms with Gasteiger partial charge in [0.25, 0.3) is 0 Å². The largest absolute Gasteiger partial charge is 0.290 e. The molecule has 0 aliphatic carbocycles. The lowest BCUT2D eigenvalue weighted by molar-refractivity contribution is 0.993. The fraction of sp³-hybridized carbons (Fsp3) is 0. The van der Waals surface area contributed by atoms with Gasteiger partial charge in [-0.15, -0.1) is 0 Å². The van der Waals surface area contributed by atoms with Crippen LogP contribution in [0.3, 0.4) is 0 Å². The van der Waals surface area contributed by atoms with Crippen LogP contribution >= 0.6 is 0 Å². The lowest BCUT2D eigenvalue weighted by atomic mass is 10.2. The number of fused-ring (bicyclic) bond motifs is 3. The Labute approximate surface area is 103 Å². The van der Waals surface area contributed by atoms with E-state index in [0.717, 1.165) is 28.1 Å². The van der Waals surface area contributed by atoms with Crippen LogP contribution in [0, 0.1) is 0 Å². The molecule has 4 rings (SSSR count). The van der Waals surface area contributed by atoms with Crippen LogP contribution in [0.15, 0.2) is 54.7 Å². The lowest BCUT2D eigenvalue weighted by Crippen LogP contribution is -1.86. The van der Waals surface area contributed by atoms with Crippen LogP contribution in [0.2, 0.25) is 0 Å². The van der Waals surface area contributed by atoms with E-state index in [0.29, 0.717) is 0 Å². The number of aromatic nitrogens is 4. The summed E-state index contributed by atoms with van der Waals surface area (Å²) in [5.41, 5.74) is 4.85. The average Bonchev–Trinajstić information content (AvgIpc) is 2.97. The van der Waals surface area contributed by atoms with Gasteiger partial charge in [0, 0.05) is 12.3 Å². The van der Waals surface area contributed by atoms with E-state index in [2.05, 4.69) is 27.2 Å². The van der Waals surface area contributed by atoms with Crippen molar-refractivity contribution in [2.24, 2.45) is 0 Å². The number of aromatic amines is 1. The van der Waals surface area contributed by atoms with Gasteiger partial charge in [-0.2, -0.15) is 0 Å². The average molecular weight is 234 g/mol. The van der Waals surface area contributed by atoms with Gasteiger partial charge in [-0.3, -0.25) is 5.10 Å². The van der Waals surface area contributed by atoms with Gasteiger partial charge >= 0.3 is 0 Å². The molecular weight excluding hydrogens is 224 g/mol. The normalized spacial score (nSPS) is 11.3. The molecule has 18 heavy (non-hydrogen) atoms. The van der Waals surface area contributed by atoms with E-state index in [1.165, 1.54) is 0 Å². The van der Waals surface area contributed by atoms with Crippen LogP contribution in [0.5, 0.6) is 0 Å². The summed E-state index contributed by atoms with van der Waals surface area (Å²) < 4.78 is 1.91. The summed E-state index contributed by atoms with van der Waals surface area (Å²) in [7, 11) is 0. The van der Waals surface area contributed by atoms with Crippen LogP contribution in [0.25, 0.3) is 28.1 Å². The second kappa shape index (κ2) is 3.43. The predicted octanol–water partition coefficient (Wildman–Crippen LogP) is 2.88. The first-order valence-corrected chi connectivity index (χ1v) is 5.79. The van der Waals surface area contributed by atoms with E-state index in [1.54, 1.807) is 6.20 Å². The lowest BCUT2D eigenvalue weighted by Gasteiger charge is -1.95. The molecule has 0 saturated heterocycles. The topological polar surface area (TPSA) is 46.0 Å². The third-order valence-corrected chi connectivity index (χ3v) is 3.03. The molecule has 4 heteroatoms. The molecule has 4 aromatic rings. The van der Waals surface area contributed by atoms with Crippen LogP contribution in [-0.2, 0) is 0 Å². The molecule has 0 fully saturated rings. The Morgan fingerprint density at radius 1 is 1.00 bits per heavy atom. The van der Waals surface area contributed by atoms with Gasteiger partial charge in [0.15, 0.2) is 11.3 Å². The van der Waals surface area contributed by atoms with Gasteiger partial charge in [0.2, 0.25) is 0 Å². The van der Waals surface area contributed by atoms with Crippen LogP contribution in [0.1, 0.15) is 0 Å². The molecule has 0 spiro atoms. The number of nitrogens with zero attached hydrogens (tertiary/aromatic N) is 3. The van der Waals surface area contributed by atoms with Crippen LogP contribution in [-0.4, -0.2) is 19.6 Å². The second-order valence-electron chi connectivity index (χ2n) is 4.19. The molecule has 3 aromatic heterocycles. The number of rotatable bonds is 1. The number of nitrogens with one attached hydrogen (secondary N) is 1. The molecule has 0 radical (unpaired) electrons. The first-order valence-electron chi connectivity index (χ1n) is 5.79. The van der Waals surface area contributed by atoms with E-state index in [9.17, 15) is 0 Å². The number of hydrogen-bond donors (Lipinski definition) is 1. The molecule has 0 saturated carbocycles. The fourth-order valence-electron chi connectivity index (χ4n) is 2.18. The molecule has 0 aliphatic heterocycles. The fourth-order valence-corrected chi connectivity index (χ4v) is 2.18. The van der Waals surface area contributed by atoms with E-state index < -0.39 is 0 Å². The Morgan fingerprint density at radius 3 is 2.78 bits per heavy atom. The smallest absolute Gasteiger partial charge is 0.179 e. The zero-order chi connectivity index (χ0) is 11.9. The Hall–Kier alpha value is -2.62. The Kier molecular flexibility index (Phi) is 1.80. The molecule has 0 amide bonds. The highest BCUT2D eigenvalue weighted by atomic mass is 15.3. The molecule has 1 N–H and O–H groups in total. The van der Waals surface area contributed by atoms with Crippen molar-refractivity contribution in [2.45, 2.75) is 0 Å². The van der Waals surface area contributed by atoms with Crippen molar-refractivity contribution in [3.8, 4) is 11.3 Å². The van der Waals surface area contributed by atoms with Crippen molar-refractivity contribution in [3.05, 3.63) is 54.7 Å². The summed E-state index contributed by atoms with van der Waals surface area (Å²) in [4.78, 5) is 8.88. The number of pyridine rings is 1. The summed E-state index contributed by atoms with van der Waals surface area (Å²) in [6, 6.07) is 16.1. The zero-order valence-electron chi connectivity index (χ0n) is 9.54. The minimum Gasteiger partial charge on any atom is -0.290 e. The van der Waals surface area contributed by atoms with Crippen molar-refractivity contribution in [1.82, 2.24) is 19.6 Å². The first-order chi connectivity index (χ1) is 8.92. The SMILES string of the molecule is c1ccc(-c2cc3nc4cccnc4n3[nH]2)cc1. The van der Waals surface area contributed by atoms with E-state index in [1.807, 2.05) is 40.9 Å². The van der Waals surface area contributed by atoms with Gasteiger partial charge in [0.1, 0.15) is 5.52 Å². The minimum atomic E-state index is 0.856. The number of hydrogen-bond acceptors (Lipinski definition) is 2. The van der Waals surface area contributed by atoms with Gasteiger partial charge < -0.3 is 0 Å². The zero-order valence-corrected chi connectivity index (χ0v) is 9.54. The first kappa shape index (κ1) is 9.41. The van der Waals surface area contributed by atoms with Crippen molar-refractivity contribution in [1.29, 1.82) is 0 Å². The maximum absolute atomic E-state index is 4.53. The molecule has 3 heterocycles. The molecular formula is C14H10N4. The molecule has 0 aliphatic rings. The third-order valence-electron chi connectivity index (χ3n) is 3.03. The van der Waals surface area contributed by atoms with Crippen LogP contribution < -0.4 is 0 Å². The van der Waals surface area contributed by atoms with Crippen molar-refractivity contribution in [2.75, 3.05) is 0 Å². The number of H-pyrrole nitrogens is 1. The highest BCUT2D eigenvalue weighted by Gasteiger charge is 2.09. The van der Waals surface area contributed by atoms with Gasteiger partial charge in [-0.05, 0) is 17.7 Å². The van der Waals surface area contributed by atoms with Crippen LogP contribution in [0.4, 0.5) is 0 Å². The van der Waals surface area contributed by atoms with Gasteiger partial charge in [-0.25, -0.2) is 14.5 Å². The third kappa shape index (κ3) is 1.26. The maximum atomic E-state index is 4.53. The summed E-state index contributed by atoms with van der Waals surface area (Å²) in [5, 5.41) is 3.33. The molecule has 1 aromatic carbocycles. The molecule has 0 atom stereocenters. The Balaban J connectivity index is 2.00. The number of imidazole rings is 1. The van der Waals surface area contributed by atoms with E-state index >= 15 is 0 Å². The van der Waals surface area contributed by atoms with E-state index in [-0.39, 0.29) is 0 Å². The van der Waals surface area contributed by atoms with E-state index in [4.69, 9.17) is 0 Å². The van der Waals surface area contributed by atoms with Gasteiger partial charge in [0.05, 0.1) is 5.69 Å². The second-order valence-corrected chi connectivity index (χ2v) is 4.19. The summed E-state index contributed by atoms with van der Waals surface area (Å²) in [5.74, 6) is 0. The molecule has 4 nitrogen and oxygen atoms in total. The maximum Gasteiger partial charge on any atom is 0.179 e. The van der Waals surface area contributed by atoms with Crippen molar-refractivity contribution < 1.29 is 0 Å². The Morgan fingerprint density at radius 2 is 1.89 bits per heavy atom. The highest BCUT2D eigenvalue weighted by molar-refractivity contribution is 5.78. The summed E-state index contributed by atoms with van der Waals surface area (Å²) >= 11 is 0. The highest BCUT2D eigenvalue weighted by Crippen LogP contribution is 2.21. The summed E-state index contributed by atoms with van der Waals surface area (Å²) in [6.07, 6.45) is 1.78. The quantitative estimate of drug-likeness (QED) is 0.550. The van der Waals surface area contributed by atoms with Crippen molar-refractivity contribution in [3.63, 3.8) is 0 Å². The molecule has 86 valence electrons. The molecule has 0 unspecified atom stereocenters. The predicted molar refractivity (Wildman–Crippen MR) is 70.3 cm³/mol. The summed E-state index contributed by atoms with van der Waals surface area (Å²) in [6.45, 7) is 0. The molecule has 0 bridgehead atoms. The van der Waals surface area contributed by atoms with Gasteiger partial charge in [-0.1, -0.05) is 30.3 Å². The number of benzene rings is 1.